The van der Waals surface area contributed by atoms with E-state index in [0.29, 0.717) is 25.0 Å². The zero-order chi connectivity index (χ0) is 17.1. The van der Waals surface area contributed by atoms with E-state index in [1.807, 2.05) is 60.7 Å². The summed E-state index contributed by atoms with van der Waals surface area (Å²) in [6.45, 7) is 0.833. The Bertz CT molecular complexity index is 866. The van der Waals surface area contributed by atoms with Gasteiger partial charge in [0.05, 0.1) is 6.61 Å². The summed E-state index contributed by atoms with van der Waals surface area (Å²) in [6, 6.07) is 21.7. The van der Waals surface area contributed by atoms with Crippen molar-refractivity contribution in [2.45, 2.75) is 12.1 Å². The van der Waals surface area contributed by atoms with Crippen LogP contribution < -0.4 is 0 Å². The molecule has 2 aromatic carbocycles. The number of benzene rings is 2. The van der Waals surface area contributed by atoms with Gasteiger partial charge in [0, 0.05) is 26.0 Å². The van der Waals surface area contributed by atoms with E-state index in [1.165, 1.54) is 0 Å². The molecule has 4 rings (SSSR count). The minimum atomic E-state index is -0.105. The Morgan fingerprint density at radius 2 is 1.47 bits per heavy atom. The molecule has 0 amide bonds. The molecule has 2 heterocycles. The number of aliphatic imine (C=N–C) groups is 1. The summed E-state index contributed by atoms with van der Waals surface area (Å²) in [6.07, 6.45) is 0. The maximum Gasteiger partial charge on any atom is 0.229 e. The molecule has 0 bridgehead atoms. The van der Waals surface area contributed by atoms with Crippen LogP contribution in [-0.2, 0) is 29.6 Å². The average molecular weight is 585 g/mol. The van der Waals surface area contributed by atoms with E-state index in [2.05, 4.69) is 16.4 Å². The minimum Gasteiger partial charge on any atom is -0.693 e. The molecule has 0 saturated carbocycles. The minimum absolute atomic E-state index is 0. The largest absolute Gasteiger partial charge is 0.693 e. The van der Waals surface area contributed by atoms with Gasteiger partial charge in [0.15, 0.2) is 0 Å². The Morgan fingerprint density at radius 1 is 0.900 bits per heavy atom. The Morgan fingerprint density at radius 3 is 2.03 bits per heavy atom. The molecule has 0 aromatic heterocycles. The number of rotatable bonds is 3. The van der Waals surface area contributed by atoms with Crippen LogP contribution in [-0.4, -0.2) is 19.1 Å². The molecule has 1 fully saturated rings. The molecule has 0 spiro atoms. The van der Waals surface area contributed by atoms with Crippen LogP contribution in [0.5, 0.6) is 0 Å². The Labute approximate surface area is 192 Å². The molecule has 1 saturated heterocycles. The quantitative estimate of drug-likeness (QED) is 0.306. The molecule has 8 heteroatoms. The zero-order valence-corrected chi connectivity index (χ0v) is 19.4. The smallest absolute Gasteiger partial charge is 0.229 e. The molecule has 2 aromatic rings. The van der Waals surface area contributed by atoms with Gasteiger partial charge in [-0.05, 0) is 5.56 Å². The first kappa shape index (κ1) is 29.5. The number of hydrogen-bond acceptors (Lipinski definition) is 4. The van der Waals surface area contributed by atoms with Crippen molar-refractivity contribution >= 4 is 5.90 Å². The second kappa shape index (κ2) is 13.5. The van der Waals surface area contributed by atoms with E-state index < -0.39 is 0 Å². The van der Waals surface area contributed by atoms with Crippen molar-refractivity contribution in [2.24, 2.45) is 4.99 Å². The normalized spacial score (nSPS) is 19.8. The number of nitrogens with two attached hydrogens (primary N) is 2. The van der Waals surface area contributed by atoms with Crippen LogP contribution >= 0.6 is 0 Å². The van der Waals surface area contributed by atoms with E-state index in [4.69, 9.17) is 9.47 Å². The van der Waals surface area contributed by atoms with Crippen molar-refractivity contribution in [2.75, 3.05) is 13.2 Å². The van der Waals surface area contributed by atoms with Gasteiger partial charge >= 0.3 is 0 Å². The van der Waals surface area contributed by atoms with Gasteiger partial charge in [0.2, 0.25) is 5.90 Å². The van der Waals surface area contributed by atoms with Gasteiger partial charge in [-0.2, -0.15) is 5.26 Å². The van der Waals surface area contributed by atoms with Crippen LogP contribution in [0.15, 0.2) is 77.1 Å². The average Bonchev–Trinajstić information content (AvgIpc) is 3.35. The molecule has 165 valence electrons. The molecule has 30 heavy (non-hydrogen) atoms. The van der Waals surface area contributed by atoms with Gasteiger partial charge in [-0.3, -0.25) is 0 Å². The molecule has 4 N–H and O–H groups in total. The fourth-order valence-electron chi connectivity index (χ4n) is 2.90. The van der Waals surface area contributed by atoms with Crippen LogP contribution in [0.4, 0.5) is 0 Å². The zero-order valence-electron chi connectivity index (χ0n) is 17.0. The predicted octanol–water partition coefficient (Wildman–Crippen LogP) is 6.37. The summed E-state index contributed by atoms with van der Waals surface area (Å²) in [5, 5.41) is 14.1. The third-order valence-corrected chi connectivity index (χ3v) is 4.21. The standard InChI is InChI=1S/C20H16N3O2.2CH3.Ir.2H2N/c21-11-16(19-22-17(12-24-19)14-7-3-1-4-8-14)20-23-18(13-25-20)15-9-5-2-6-10-15;;;;;/h1-10,17-18H,12-13H2;2*1H3;;2*1H2/q3*-1;;2*-1/b19-16+;;;;;/t17-,18-;;;;;/m1...../s1. The van der Waals surface area contributed by atoms with Gasteiger partial charge in [-0.25, -0.2) is 4.99 Å². The second-order valence-electron chi connectivity index (χ2n) is 5.83. The van der Waals surface area contributed by atoms with Gasteiger partial charge in [-0.1, -0.05) is 72.3 Å². The third kappa shape index (κ3) is 6.15. The van der Waals surface area contributed by atoms with Gasteiger partial charge in [-0.15, -0.1) is 0 Å². The van der Waals surface area contributed by atoms with Crippen molar-refractivity contribution in [3.05, 3.63) is 116 Å². The fraction of sp³-hybridized carbons (Fsp3) is 0.182. The number of ether oxygens (including phenoxy) is 2. The molecule has 1 radical (unpaired) electrons. The number of nitriles is 1. The Balaban J connectivity index is 0. The topological polar surface area (TPSA) is 136 Å². The molecule has 0 unspecified atom stereocenters. The van der Waals surface area contributed by atoms with Crippen molar-refractivity contribution in [1.29, 1.82) is 5.26 Å². The first-order valence-electron chi connectivity index (χ1n) is 8.14. The van der Waals surface area contributed by atoms with Crippen LogP contribution in [0.1, 0.15) is 23.2 Å². The Hall–Kier alpha value is -2.69. The summed E-state index contributed by atoms with van der Waals surface area (Å²) in [5.74, 6) is 0.618. The molecule has 0 aliphatic carbocycles. The first-order valence-corrected chi connectivity index (χ1v) is 8.14. The summed E-state index contributed by atoms with van der Waals surface area (Å²) < 4.78 is 11.3. The van der Waals surface area contributed by atoms with Gasteiger partial charge in [0.1, 0.15) is 24.3 Å². The summed E-state index contributed by atoms with van der Waals surface area (Å²) >= 11 is 0. The van der Waals surface area contributed by atoms with Crippen molar-refractivity contribution < 1.29 is 29.6 Å². The second-order valence-corrected chi connectivity index (χ2v) is 5.83. The van der Waals surface area contributed by atoms with E-state index in [1.54, 1.807) is 0 Å². The van der Waals surface area contributed by atoms with Gasteiger partial charge < -0.3 is 41.9 Å². The maximum absolute atomic E-state index is 9.55. The van der Waals surface area contributed by atoms with E-state index in [-0.39, 0.29) is 64.9 Å². The SMILES string of the molecule is N#C/C(C1=N[C@@H](c2ccccc2)CO1)=C1/[N-][C@@H](c2ccccc2)CO1.[CH3-].[CH3-].[Ir].[NH2-].[NH2-]. The molecule has 2 aliphatic rings. The number of nitrogens with zero attached hydrogens (tertiary/aromatic N) is 3. The van der Waals surface area contributed by atoms with Gasteiger partial charge in [0.25, 0.3) is 0 Å². The third-order valence-electron chi connectivity index (χ3n) is 4.21. The van der Waals surface area contributed by atoms with Crippen LogP contribution in [0.25, 0.3) is 17.6 Å². The predicted molar refractivity (Wildman–Crippen MR) is 117 cm³/mol. The summed E-state index contributed by atoms with van der Waals surface area (Å²) in [7, 11) is 0. The fourth-order valence-corrected chi connectivity index (χ4v) is 2.90. The molecule has 2 atom stereocenters. The summed E-state index contributed by atoms with van der Waals surface area (Å²) in [4.78, 5) is 4.55. The first-order chi connectivity index (χ1) is 12.3. The van der Waals surface area contributed by atoms with Crippen molar-refractivity contribution in [3.8, 4) is 6.07 Å². The number of hydrogen-bond donors (Lipinski definition) is 0. The summed E-state index contributed by atoms with van der Waals surface area (Å²) in [5.41, 5.74) is 2.38. The van der Waals surface area contributed by atoms with E-state index >= 15 is 0 Å². The van der Waals surface area contributed by atoms with E-state index in [0.717, 1.165) is 11.1 Å². The van der Waals surface area contributed by atoms with Crippen LogP contribution in [0, 0.1) is 26.2 Å². The van der Waals surface area contributed by atoms with E-state index in [9.17, 15) is 5.26 Å². The molecule has 2 aliphatic heterocycles. The van der Waals surface area contributed by atoms with Crippen LogP contribution in [0.2, 0.25) is 0 Å². The Kier molecular flexibility index (Phi) is 13.3. The maximum atomic E-state index is 9.55. The van der Waals surface area contributed by atoms with Crippen molar-refractivity contribution in [1.82, 2.24) is 0 Å². The van der Waals surface area contributed by atoms with Crippen LogP contribution in [0.3, 0.4) is 0 Å². The molecular formula is C22H26IrN5O2-5. The molecule has 7 nitrogen and oxygen atoms in total. The monoisotopic (exact) mass is 585 g/mol. The molecular weight excluding hydrogens is 558 g/mol. The van der Waals surface area contributed by atoms with Crippen molar-refractivity contribution in [3.63, 3.8) is 0 Å².